The van der Waals surface area contributed by atoms with Crippen LogP contribution in [0.25, 0.3) is 11.4 Å². The van der Waals surface area contributed by atoms with Crippen molar-refractivity contribution in [2.45, 2.75) is 31.1 Å². The molecule has 1 aliphatic rings. The molecule has 3 heterocycles. The molecule has 7 heteroatoms. The standard InChI is InChI=1S/C25H23N5OS/c1-18-14-20-10-5-6-12-22(20)30(18)23(31)17-32-25-28-27-24(21-11-7-13-26-15-21)29(25)16-19-8-3-2-4-9-19/h2-13,15,18H,14,16-17H2,1H3/t18-/m1/s1. The van der Waals surface area contributed by atoms with Gasteiger partial charge in [0.05, 0.1) is 12.3 Å². The predicted octanol–water partition coefficient (Wildman–Crippen LogP) is 4.46. The second-order valence-corrected chi connectivity index (χ2v) is 8.80. The maximum absolute atomic E-state index is 13.2. The molecule has 0 saturated carbocycles. The van der Waals surface area contributed by atoms with Crippen LogP contribution in [0.5, 0.6) is 0 Å². The Morgan fingerprint density at radius 2 is 1.84 bits per heavy atom. The maximum atomic E-state index is 13.2. The highest BCUT2D eigenvalue weighted by molar-refractivity contribution is 7.99. The number of carbonyl (C=O) groups is 1. The summed E-state index contributed by atoms with van der Waals surface area (Å²) in [5.74, 6) is 1.14. The number of nitrogens with zero attached hydrogens (tertiary/aromatic N) is 5. The van der Waals surface area contributed by atoms with Crippen molar-refractivity contribution in [2.75, 3.05) is 10.7 Å². The molecule has 0 bridgehead atoms. The first-order chi connectivity index (χ1) is 15.7. The zero-order chi connectivity index (χ0) is 21.9. The Bertz CT molecular complexity index is 1230. The number of fused-ring (bicyclic) bond motifs is 1. The number of hydrogen-bond acceptors (Lipinski definition) is 5. The minimum atomic E-state index is 0.0876. The second kappa shape index (κ2) is 8.96. The summed E-state index contributed by atoms with van der Waals surface area (Å²) in [5, 5.41) is 9.59. The molecule has 0 saturated heterocycles. The monoisotopic (exact) mass is 441 g/mol. The molecular weight excluding hydrogens is 418 g/mol. The molecule has 4 aromatic rings. The van der Waals surface area contributed by atoms with Crippen LogP contribution in [-0.2, 0) is 17.8 Å². The highest BCUT2D eigenvalue weighted by atomic mass is 32.2. The van der Waals surface area contributed by atoms with Gasteiger partial charge in [-0.05, 0) is 42.7 Å². The van der Waals surface area contributed by atoms with E-state index < -0.39 is 0 Å². The van der Waals surface area contributed by atoms with Gasteiger partial charge >= 0.3 is 0 Å². The van der Waals surface area contributed by atoms with E-state index in [1.54, 1.807) is 12.4 Å². The van der Waals surface area contributed by atoms with Gasteiger partial charge in [0.25, 0.3) is 0 Å². The molecule has 6 nitrogen and oxygen atoms in total. The molecular formula is C25H23N5OS. The van der Waals surface area contributed by atoms with E-state index in [1.807, 2.05) is 53.4 Å². The van der Waals surface area contributed by atoms with Crippen LogP contribution in [0.1, 0.15) is 18.1 Å². The quantitative estimate of drug-likeness (QED) is 0.414. The fourth-order valence-corrected chi connectivity index (χ4v) is 4.95. The first-order valence-electron chi connectivity index (χ1n) is 10.6. The molecule has 160 valence electrons. The summed E-state index contributed by atoms with van der Waals surface area (Å²) >= 11 is 1.43. The smallest absolute Gasteiger partial charge is 0.237 e. The van der Waals surface area contributed by atoms with Crippen LogP contribution in [-0.4, -0.2) is 37.5 Å². The lowest BCUT2D eigenvalue weighted by Gasteiger charge is -2.22. The van der Waals surface area contributed by atoms with Crippen LogP contribution in [0.2, 0.25) is 0 Å². The number of carbonyl (C=O) groups excluding carboxylic acids is 1. The second-order valence-electron chi connectivity index (χ2n) is 7.85. The number of rotatable bonds is 6. The van der Waals surface area contributed by atoms with E-state index in [4.69, 9.17) is 0 Å². The van der Waals surface area contributed by atoms with Gasteiger partial charge in [0.15, 0.2) is 11.0 Å². The van der Waals surface area contributed by atoms with Gasteiger partial charge in [0.1, 0.15) is 0 Å². The van der Waals surface area contributed by atoms with Crippen molar-refractivity contribution in [1.29, 1.82) is 0 Å². The van der Waals surface area contributed by atoms with Gasteiger partial charge < -0.3 is 4.90 Å². The summed E-state index contributed by atoms with van der Waals surface area (Å²) in [6, 6.07) is 22.4. The molecule has 1 atom stereocenters. The van der Waals surface area contributed by atoms with Crippen LogP contribution in [0, 0.1) is 0 Å². The van der Waals surface area contributed by atoms with Crippen molar-refractivity contribution in [3.63, 3.8) is 0 Å². The Labute approximate surface area is 191 Å². The van der Waals surface area contributed by atoms with Gasteiger partial charge in [-0.25, -0.2) is 0 Å². The van der Waals surface area contributed by atoms with Crippen LogP contribution in [0.3, 0.4) is 0 Å². The number of anilines is 1. The zero-order valence-electron chi connectivity index (χ0n) is 17.8. The summed E-state index contributed by atoms with van der Waals surface area (Å²) < 4.78 is 2.06. The number of pyridine rings is 1. The summed E-state index contributed by atoms with van der Waals surface area (Å²) in [4.78, 5) is 19.3. The Morgan fingerprint density at radius 3 is 2.66 bits per heavy atom. The molecule has 2 aromatic heterocycles. The lowest BCUT2D eigenvalue weighted by Crippen LogP contribution is -2.37. The third-order valence-corrected chi connectivity index (χ3v) is 6.57. The molecule has 0 N–H and O–H groups in total. The number of aromatic nitrogens is 4. The van der Waals surface area contributed by atoms with Crippen molar-refractivity contribution in [2.24, 2.45) is 0 Å². The van der Waals surface area contributed by atoms with E-state index in [0.717, 1.165) is 34.2 Å². The first kappa shape index (κ1) is 20.5. The summed E-state index contributed by atoms with van der Waals surface area (Å²) in [6.07, 6.45) is 4.42. The van der Waals surface area contributed by atoms with E-state index in [9.17, 15) is 4.79 Å². The Hall–Kier alpha value is -3.45. The Balaban J connectivity index is 1.40. The lowest BCUT2D eigenvalue weighted by molar-refractivity contribution is -0.116. The maximum Gasteiger partial charge on any atom is 0.237 e. The molecule has 0 aliphatic carbocycles. The van der Waals surface area contributed by atoms with Crippen LogP contribution in [0.4, 0.5) is 5.69 Å². The van der Waals surface area contributed by atoms with Crippen molar-refractivity contribution in [1.82, 2.24) is 19.7 Å². The molecule has 0 spiro atoms. The van der Waals surface area contributed by atoms with Gasteiger partial charge in [-0.3, -0.25) is 14.3 Å². The molecule has 1 amide bonds. The minimum Gasteiger partial charge on any atom is -0.308 e. The van der Waals surface area contributed by atoms with E-state index in [-0.39, 0.29) is 11.9 Å². The number of para-hydroxylation sites is 1. The van der Waals surface area contributed by atoms with Gasteiger partial charge in [-0.15, -0.1) is 10.2 Å². The third kappa shape index (κ3) is 4.03. The first-order valence-corrected chi connectivity index (χ1v) is 11.6. The number of benzene rings is 2. The number of thioether (sulfide) groups is 1. The SMILES string of the molecule is C[C@@H]1Cc2ccccc2N1C(=O)CSc1nnc(-c2cccnc2)n1Cc1ccccc1. The molecule has 1 aliphatic heterocycles. The van der Waals surface area contributed by atoms with Crippen LogP contribution in [0.15, 0.2) is 84.3 Å². The molecule has 0 radical (unpaired) electrons. The molecule has 5 rings (SSSR count). The van der Waals surface area contributed by atoms with E-state index >= 15 is 0 Å². The van der Waals surface area contributed by atoms with Gasteiger partial charge in [0, 0.05) is 29.7 Å². The molecule has 32 heavy (non-hydrogen) atoms. The van der Waals surface area contributed by atoms with Gasteiger partial charge in [-0.2, -0.15) is 0 Å². The molecule has 0 unspecified atom stereocenters. The molecule has 2 aromatic carbocycles. The zero-order valence-corrected chi connectivity index (χ0v) is 18.6. The highest BCUT2D eigenvalue weighted by Gasteiger charge is 2.30. The molecule has 0 fully saturated rings. The number of hydrogen-bond donors (Lipinski definition) is 0. The summed E-state index contributed by atoms with van der Waals surface area (Å²) in [6.45, 7) is 2.72. The van der Waals surface area contributed by atoms with E-state index in [0.29, 0.717) is 12.3 Å². The van der Waals surface area contributed by atoms with E-state index in [2.05, 4.69) is 44.9 Å². The van der Waals surface area contributed by atoms with Crippen LogP contribution < -0.4 is 4.90 Å². The van der Waals surface area contributed by atoms with Crippen molar-refractivity contribution in [3.8, 4) is 11.4 Å². The Kier molecular flexibility index (Phi) is 5.73. The van der Waals surface area contributed by atoms with Crippen LogP contribution >= 0.6 is 11.8 Å². The van der Waals surface area contributed by atoms with Crippen molar-refractivity contribution >= 4 is 23.4 Å². The average molecular weight is 442 g/mol. The average Bonchev–Trinajstić information content (AvgIpc) is 3.38. The third-order valence-electron chi connectivity index (χ3n) is 5.62. The Morgan fingerprint density at radius 1 is 1.03 bits per heavy atom. The normalized spacial score (nSPS) is 15.0. The van der Waals surface area contributed by atoms with Crippen molar-refractivity contribution < 1.29 is 4.79 Å². The van der Waals surface area contributed by atoms with E-state index in [1.165, 1.54) is 17.3 Å². The fraction of sp³-hybridized carbons (Fsp3) is 0.200. The van der Waals surface area contributed by atoms with Gasteiger partial charge in [-0.1, -0.05) is 60.3 Å². The fourth-order valence-electron chi connectivity index (χ4n) is 4.15. The van der Waals surface area contributed by atoms with Crippen molar-refractivity contribution in [3.05, 3.63) is 90.3 Å². The summed E-state index contributed by atoms with van der Waals surface area (Å²) in [7, 11) is 0. The minimum absolute atomic E-state index is 0.0876. The predicted molar refractivity (Wildman–Crippen MR) is 127 cm³/mol. The lowest BCUT2D eigenvalue weighted by atomic mass is 10.1. The summed E-state index contributed by atoms with van der Waals surface area (Å²) in [5.41, 5.74) is 4.29. The topological polar surface area (TPSA) is 63.9 Å². The number of amides is 1. The highest BCUT2D eigenvalue weighted by Crippen LogP contribution is 2.33. The largest absolute Gasteiger partial charge is 0.308 e. The van der Waals surface area contributed by atoms with Gasteiger partial charge in [0.2, 0.25) is 5.91 Å².